The number of amides is 1. The summed E-state index contributed by atoms with van der Waals surface area (Å²) in [6.07, 6.45) is 0.337. The molecule has 2 aromatic rings. The molecule has 4 nitrogen and oxygen atoms in total. The fraction of sp³-hybridized carbons (Fsp3) is 0.333. The zero-order chi connectivity index (χ0) is 14.4. The largest absolute Gasteiger partial charge is 0.378 e. The maximum Gasteiger partial charge on any atom is 0.228 e. The van der Waals surface area contributed by atoms with Crippen molar-refractivity contribution in [3.05, 3.63) is 52.0 Å². The molecule has 0 radical (unpaired) electrons. The van der Waals surface area contributed by atoms with Gasteiger partial charge in [-0.25, -0.2) is 4.98 Å². The first-order valence-corrected chi connectivity index (χ1v) is 7.27. The molecule has 0 bridgehead atoms. The molecule has 106 valence electrons. The van der Waals surface area contributed by atoms with Gasteiger partial charge in [-0.15, -0.1) is 11.3 Å². The van der Waals surface area contributed by atoms with Crippen molar-refractivity contribution in [2.45, 2.75) is 19.6 Å². The van der Waals surface area contributed by atoms with E-state index in [0.29, 0.717) is 19.6 Å². The van der Waals surface area contributed by atoms with Crippen LogP contribution in [0.2, 0.25) is 0 Å². The lowest BCUT2D eigenvalue weighted by Gasteiger charge is -2.16. The van der Waals surface area contributed by atoms with Crippen LogP contribution in [0.25, 0.3) is 0 Å². The third-order valence-electron chi connectivity index (χ3n) is 2.89. The van der Waals surface area contributed by atoms with Crippen molar-refractivity contribution in [1.82, 2.24) is 9.88 Å². The van der Waals surface area contributed by atoms with Gasteiger partial charge in [0.25, 0.3) is 0 Å². The molecule has 1 heterocycles. The van der Waals surface area contributed by atoms with E-state index in [9.17, 15) is 4.79 Å². The summed E-state index contributed by atoms with van der Waals surface area (Å²) < 4.78 is 5.03. The molecule has 0 saturated heterocycles. The average molecular weight is 290 g/mol. The van der Waals surface area contributed by atoms with Crippen molar-refractivity contribution in [1.29, 1.82) is 0 Å². The summed E-state index contributed by atoms with van der Waals surface area (Å²) in [4.78, 5) is 18.2. The predicted octanol–water partition coefficient (Wildman–Crippen LogP) is 2.49. The Balaban J connectivity index is 1.90. The van der Waals surface area contributed by atoms with E-state index in [1.807, 2.05) is 42.8 Å². The number of likely N-dealkylation sites (N-methyl/N-ethyl adjacent to an activating group) is 1. The molecular formula is C15H18N2O2S. The standard InChI is InChI=1S/C15H18N2O2S/c1-17(9-12-6-4-3-5-7-12)15(18)8-13-11-20-14(16-13)10-19-2/h3-7,11H,8-10H2,1-2H3. The molecule has 0 saturated carbocycles. The van der Waals surface area contributed by atoms with Crippen molar-refractivity contribution in [2.75, 3.05) is 14.2 Å². The molecule has 0 N–H and O–H groups in total. The Bertz CT molecular complexity index is 554. The third-order valence-corrected chi connectivity index (χ3v) is 3.76. The highest BCUT2D eigenvalue weighted by Gasteiger charge is 2.12. The van der Waals surface area contributed by atoms with Crippen molar-refractivity contribution in [3.63, 3.8) is 0 Å². The van der Waals surface area contributed by atoms with Crippen molar-refractivity contribution < 1.29 is 9.53 Å². The first-order chi connectivity index (χ1) is 9.69. The highest BCUT2D eigenvalue weighted by atomic mass is 32.1. The smallest absolute Gasteiger partial charge is 0.228 e. The van der Waals surface area contributed by atoms with E-state index in [4.69, 9.17) is 4.74 Å². The van der Waals surface area contributed by atoms with E-state index in [1.165, 1.54) is 11.3 Å². The number of aromatic nitrogens is 1. The summed E-state index contributed by atoms with van der Waals surface area (Å²) in [7, 11) is 3.46. The Morgan fingerprint density at radius 2 is 2.10 bits per heavy atom. The Morgan fingerprint density at radius 3 is 2.80 bits per heavy atom. The van der Waals surface area contributed by atoms with Gasteiger partial charge in [0.2, 0.25) is 5.91 Å². The first kappa shape index (κ1) is 14.7. The topological polar surface area (TPSA) is 42.4 Å². The van der Waals surface area contributed by atoms with Crippen LogP contribution in [0, 0.1) is 0 Å². The summed E-state index contributed by atoms with van der Waals surface area (Å²) >= 11 is 1.52. The van der Waals surface area contributed by atoms with Crippen molar-refractivity contribution in [3.8, 4) is 0 Å². The van der Waals surface area contributed by atoms with Gasteiger partial charge in [-0.2, -0.15) is 0 Å². The number of hydrogen-bond donors (Lipinski definition) is 0. The second kappa shape index (κ2) is 7.17. The fourth-order valence-electron chi connectivity index (χ4n) is 1.86. The molecule has 5 heteroatoms. The third kappa shape index (κ3) is 4.15. The molecule has 1 amide bonds. The molecular weight excluding hydrogens is 272 g/mol. The zero-order valence-corrected chi connectivity index (χ0v) is 12.5. The van der Waals surface area contributed by atoms with Crippen LogP contribution in [0.5, 0.6) is 0 Å². The van der Waals surface area contributed by atoms with Crippen LogP contribution >= 0.6 is 11.3 Å². The van der Waals surface area contributed by atoms with Crippen LogP contribution in [0.15, 0.2) is 35.7 Å². The number of rotatable bonds is 6. The summed E-state index contributed by atoms with van der Waals surface area (Å²) in [6.45, 7) is 1.12. The van der Waals surface area contributed by atoms with Crippen LogP contribution in [0.1, 0.15) is 16.3 Å². The van der Waals surface area contributed by atoms with Crippen molar-refractivity contribution in [2.24, 2.45) is 0 Å². The zero-order valence-electron chi connectivity index (χ0n) is 11.7. The molecule has 2 rings (SSSR count). The average Bonchev–Trinajstić information content (AvgIpc) is 2.87. The van der Waals surface area contributed by atoms with Gasteiger partial charge < -0.3 is 9.64 Å². The molecule has 0 aliphatic carbocycles. The Morgan fingerprint density at radius 1 is 1.35 bits per heavy atom. The Hall–Kier alpha value is -1.72. The molecule has 0 atom stereocenters. The number of carbonyl (C=O) groups excluding carboxylic acids is 1. The van der Waals surface area contributed by atoms with Gasteiger partial charge in [-0.1, -0.05) is 30.3 Å². The molecule has 0 unspecified atom stereocenters. The Kier molecular flexibility index (Phi) is 5.26. The number of nitrogens with zero attached hydrogens (tertiary/aromatic N) is 2. The normalized spacial score (nSPS) is 10.5. The highest BCUT2D eigenvalue weighted by molar-refractivity contribution is 7.09. The lowest BCUT2D eigenvalue weighted by atomic mass is 10.2. The second-order valence-corrected chi connectivity index (χ2v) is 5.52. The summed E-state index contributed by atoms with van der Waals surface area (Å²) in [5, 5.41) is 2.82. The molecule has 20 heavy (non-hydrogen) atoms. The van der Waals surface area contributed by atoms with E-state index in [1.54, 1.807) is 12.0 Å². The number of thiazole rings is 1. The summed E-state index contributed by atoms with van der Waals surface area (Å²) in [5.41, 5.74) is 1.94. The lowest BCUT2D eigenvalue weighted by molar-refractivity contribution is -0.129. The van der Waals surface area contributed by atoms with Crippen molar-refractivity contribution >= 4 is 17.2 Å². The second-order valence-electron chi connectivity index (χ2n) is 4.58. The van der Waals surface area contributed by atoms with Crippen LogP contribution < -0.4 is 0 Å². The van der Waals surface area contributed by atoms with Gasteiger partial charge in [0, 0.05) is 26.1 Å². The first-order valence-electron chi connectivity index (χ1n) is 6.39. The SMILES string of the molecule is COCc1nc(CC(=O)N(C)Cc2ccccc2)cs1. The van der Waals surface area contributed by atoms with Crippen LogP contribution in [-0.4, -0.2) is 29.9 Å². The van der Waals surface area contributed by atoms with E-state index in [2.05, 4.69) is 4.98 Å². The van der Waals surface area contributed by atoms with E-state index < -0.39 is 0 Å². The van der Waals surface area contributed by atoms with Gasteiger partial charge >= 0.3 is 0 Å². The fourth-order valence-corrected chi connectivity index (χ4v) is 2.62. The predicted molar refractivity (Wildman–Crippen MR) is 79.4 cm³/mol. The van der Waals surface area contributed by atoms with Gasteiger partial charge in [0.15, 0.2) is 0 Å². The highest BCUT2D eigenvalue weighted by Crippen LogP contribution is 2.12. The molecule has 0 aliphatic heterocycles. The molecule has 0 spiro atoms. The summed E-state index contributed by atoms with van der Waals surface area (Å²) in [6, 6.07) is 9.96. The van der Waals surface area contributed by atoms with Crippen LogP contribution in [-0.2, 0) is 29.1 Å². The maximum absolute atomic E-state index is 12.1. The molecule has 1 aromatic carbocycles. The number of ether oxygens (including phenoxy) is 1. The Labute approximate surface area is 123 Å². The molecule has 0 aliphatic rings. The monoisotopic (exact) mass is 290 g/mol. The number of benzene rings is 1. The van der Waals surface area contributed by atoms with Gasteiger partial charge in [-0.3, -0.25) is 4.79 Å². The van der Waals surface area contributed by atoms with E-state index in [0.717, 1.165) is 16.3 Å². The van der Waals surface area contributed by atoms with E-state index >= 15 is 0 Å². The minimum absolute atomic E-state index is 0.0723. The number of hydrogen-bond acceptors (Lipinski definition) is 4. The van der Waals surface area contributed by atoms with E-state index in [-0.39, 0.29) is 5.91 Å². The summed E-state index contributed by atoms with van der Waals surface area (Å²) in [5.74, 6) is 0.0723. The van der Waals surface area contributed by atoms with Gasteiger partial charge in [-0.05, 0) is 5.56 Å². The minimum atomic E-state index is 0.0723. The van der Waals surface area contributed by atoms with Gasteiger partial charge in [0.05, 0.1) is 18.7 Å². The lowest BCUT2D eigenvalue weighted by Crippen LogP contribution is -2.27. The quantitative estimate of drug-likeness (QED) is 0.821. The maximum atomic E-state index is 12.1. The van der Waals surface area contributed by atoms with Crippen LogP contribution in [0.3, 0.4) is 0 Å². The van der Waals surface area contributed by atoms with Crippen LogP contribution in [0.4, 0.5) is 0 Å². The molecule has 1 aromatic heterocycles. The number of methoxy groups -OCH3 is 1. The van der Waals surface area contributed by atoms with Gasteiger partial charge in [0.1, 0.15) is 5.01 Å². The molecule has 0 fully saturated rings. The number of carbonyl (C=O) groups is 1. The minimum Gasteiger partial charge on any atom is -0.378 e.